The van der Waals surface area contributed by atoms with Crippen LogP contribution < -0.4 is 19.9 Å². The van der Waals surface area contributed by atoms with E-state index >= 15 is 4.39 Å². The molecule has 0 unspecified atom stereocenters. The molecule has 5 aromatic rings. The molecule has 0 spiro atoms. The van der Waals surface area contributed by atoms with Gasteiger partial charge in [0, 0.05) is 47.8 Å². The second-order valence-electron chi connectivity index (χ2n) is 10.6. The molecule has 1 fully saturated rings. The predicted octanol–water partition coefficient (Wildman–Crippen LogP) is 5.74. The third-order valence-electron chi connectivity index (χ3n) is 7.54. The van der Waals surface area contributed by atoms with Gasteiger partial charge in [-0.05, 0) is 48.4 Å². The Morgan fingerprint density at radius 3 is 2.64 bits per heavy atom. The number of rotatable bonds is 11. The first-order valence-corrected chi connectivity index (χ1v) is 15.3. The first kappa shape index (κ1) is 30.6. The summed E-state index contributed by atoms with van der Waals surface area (Å²) in [5, 5.41) is 11.2. The zero-order valence-corrected chi connectivity index (χ0v) is 26.2. The van der Waals surface area contributed by atoms with Crippen LogP contribution in [-0.4, -0.2) is 70.7 Å². The maximum absolute atomic E-state index is 15.4. The number of nitrogens with zero attached hydrogens (tertiary/aromatic N) is 4. The summed E-state index contributed by atoms with van der Waals surface area (Å²) >= 11 is 3.42. The van der Waals surface area contributed by atoms with Gasteiger partial charge in [-0.3, -0.25) is 14.5 Å². The summed E-state index contributed by atoms with van der Waals surface area (Å²) in [6.07, 6.45) is 3.75. The molecule has 3 heterocycles. The summed E-state index contributed by atoms with van der Waals surface area (Å²) in [5.74, 6) is 0.345. The molecule has 12 heteroatoms. The average molecular weight is 680 g/mol. The molecule has 1 aliphatic rings. The summed E-state index contributed by atoms with van der Waals surface area (Å²) in [5.41, 5.74) is 1.11. The Labute approximate surface area is 267 Å². The number of ether oxygens (including phenoxy) is 4. The smallest absolute Gasteiger partial charge is 0.336 e. The minimum absolute atomic E-state index is 0.0604. The van der Waals surface area contributed by atoms with E-state index in [9.17, 15) is 9.90 Å². The average Bonchev–Trinajstić information content (AvgIpc) is 3.32. The largest absolute Gasteiger partial charge is 0.493 e. The Bertz CT molecular complexity index is 1870. The molecule has 0 bridgehead atoms. The zero-order chi connectivity index (χ0) is 31.3. The lowest BCUT2D eigenvalue weighted by Gasteiger charge is -2.26. The number of aromatic nitrogens is 3. The molecule has 10 nitrogen and oxygen atoms in total. The van der Waals surface area contributed by atoms with Gasteiger partial charge in [-0.25, -0.2) is 13.8 Å². The number of hydrogen-bond acceptors (Lipinski definition) is 8. The molecule has 234 valence electrons. The first-order chi connectivity index (χ1) is 21.9. The van der Waals surface area contributed by atoms with Crippen molar-refractivity contribution in [3.05, 3.63) is 99.4 Å². The van der Waals surface area contributed by atoms with E-state index in [1.165, 1.54) is 22.9 Å². The molecular weight excluding hydrogens is 647 g/mol. The maximum atomic E-state index is 15.4. The molecule has 2 aromatic heterocycles. The summed E-state index contributed by atoms with van der Waals surface area (Å²) in [6.45, 7) is 5.05. The maximum Gasteiger partial charge on any atom is 0.336 e. The quantitative estimate of drug-likeness (QED) is 0.177. The highest BCUT2D eigenvalue weighted by atomic mass is 79.9. The molecule has 0 amide bonds. The molecule has 45 heavy (non-hydrogen) atoms. The van der Waals surface area contributed by atoms with Crippen molar-refractivity contribution in [2.75, 3.05) is 46.6 Å². The highest BCUT2D eigenvalue weighted by molar-refractivity contribution is 9.10. The monoisotopic (exact) mass is 678 g/mol. The van der Waals surface area contributed by atoms with Crippen LogP contribution in [-0.2, 0) is 11.3 Å². The van der Waals surface area contributed by atoms with Gasteiger partial charge in [0.2, 0.25) is 5.88 Å². The molecular formula is C33H32BrFN4O6. The van der Waals surface area contributed by atoms with Crippen LogP contribution in [0.3, 0.4) is 0 Å². The van der Waals surface area contributed by atoms with Gasteiger partial charge in [0.05, 0.1) is 50.9 Å². The van der Waals surface area contributed by atoms with Crippen LogP contribution in [0, 0.1) is 5.82 Å². The first-order valence-electron chi connectivity index (χ1n) is 14.5. The Balaban J connectivity index is 1.19. The van der Waals surface area contributed by atoms with E-state index in [2.05, 4.69) is 25.8 Å². The van der Waals surface area contributed by atoms with Crippen molar-refractivity contribution < 1.29 is 28.4 Å². The standard InChI is InChI=1S/C33H32BrFN4O6/c1-42-30-18-25-27(19-31(30)44-13-3-10-37-11-14-43-15-12-37)36-9-8-28(25)45-29-7-6-24(17-26(29)35)39-32(40)21-38(33(39)41)20-22-4-2-5-23(34)16-22/h2,4-9,16-19,21,40H,3,10-15,20H2,1H3. The van der Waals surface area contributed by atoms with Crippen LogP contribution in [0.4, 0.5) is 4.39 Å². The SMILES string of the molecule is COc1cc2c(Oc3ccc(-n4c(O)cn(Cc5cccc(Br)c5)c4=O)cc3F)ccnc2cc1OCCCN1CCOCC1. The Morgan fingerprint density at radius 2 is 1.87 bits per heavy atom. The molecule has 0 saturated carbocycles. The van der Waals surface area contributed by atoms with Crippen molar-refractivity contribution in [2.45, 2.75) is 13.0 Å². The number of benzene rings is 3. The van der Waals surface area contributed by atoms with Gasteiger partial charge in [-0.1, -0.05) is 28.1 Å². The van der Waals surface area contributed by atoms with Crippen molar-refractivity contribution >= 4 is 26.8 Å². The third kappa shape index (κ3) is 6.98. The van der Waals surface area contributed by atoms with Crippen LogP contribution >= 0.6 is 15.9 Å². The summed E-state index contributed by atoms with van der Waals surface area (Å²) in [4.78, 5) is 19.9. The highest BCUT2D eigenvalue weighted by Gasteiger charge is 2.18. The van der Waals surface area contributed by atoms with E-state index in [0.29, 0.717) is 34.8 Å². The number of imidazole rings is 1. The number of fused-ring (bicyclic) bond motifs is 1. The van der Waals surface area contributed by atoms with E-state index in [4.69, 9.17) is 18.9 Å². The van der Waals surface area contributed by atoms with Crippen molar-refractivity contribution in [3.63, 3.8) is 0 Å². The zero-order valence-electron chi connectivity index (χ0n) is 24.6. The van der Waals surface area contributed by atoms with Gasteiger partial charge in [-0.15, -0.1) is 0 Å². The number of pyridine rings is 1. The molecule has 0 radical (unpaired) electrons. The van der Waals surface area contributed by atoms with Crippen LogP contribution in [0.25, 0.3) is 16.6 Å². The molecule has 6 rings (SSSR count). The van der Waals surface area contributed by atoms with E-state index < -0.39 is 11.5 Å². The summed E-state index contributed by atoms with van der Waals surface area (Å²) in [7, 11) is 1.56. The third-order valence-corrected chi connectivity index (χ3v) is 8.03. The second-order valence-corrected chi connectivity index (χ2v) is 11.5. The lowest BCUT2D eigenvalue weighted by atomic mass is 10.1. The fraction of sp³-hybridized carbons (Fsp3) is 0.273. The Kier molecular flexibility index (Phi) is 9.34. The van der Waals surface area contributed by atoms with Crippen molar-refractivity contribution in [1.82, 2.24) is 19.0 Å². The molecule has 3 aromatic carbocycles. The van der Waals surface area contributed by atoms with E-state index in [0.717, 1.165) is 59.9 Å². The van der Waals surface area contributed by atoms with Crippen molar-refractivity contribution in [2.24, 2.45) is 0 Å². The lowest BCUT2D eigenvalue weighted by Crippen LogP contribution is -2.37. The summed E-state index contributed by atoms with van der Waals surface area (Å²) < 4.78 is 41.7. The van der Waals surface area contributed by atoms with Crippen molar-refractivity contribution in [3.8, 4) is 34.6 Å². The van der Waals surface area contributed by atoms with Gasteiger partial charge in [0.1, 0.15) is 5.75 Å². The number of halogens is 2. The van der Waals surface area contributed by atoms with E-state index in [1.54, 1.807) is 31.5 Å². The van der Waals surface area contributed by atoms with Crippen LogP contribution in [0.2, 0.25) is 0 Å². The number of hydrogen-bond donors (Lipinski definition) is 1. The fourth-order valence-corrected chi connectivity index (χ4v) is 5.73. The van der Waals surface area contributed by atoms with E-state index in [-0.39, 0.29) is 23.9 Å². The van der Waals surface area contributed by atoms with Crippen LogP contribution in [0.1, 0.15) is 12.0 Å². The van der Waals surface area contributed by atoms with Gasteiger partial charge >= 0.3 is 5.69 Å². The van der Waals surface area contributed by atoms with Gasteiger partial charge in [0.15, 0.2) is 23.1 Å². The van der Waals surface area contributed by atoms with Crippen LogP contribution in [0.5, 0.6) is 28.9 Å². The second kappa shape index (κ2) is 13.7. The number of morpholine rings is 1. The van der Waals surface area contributed by atoms with Crippen LogP contribution in [0.15, 0.2) is 82.3 Å². The van der Waals surface area contributed by atoms with Gasteiger partial charge in [-0.2, -0.15) is 0 Å². The molecule has 0 aliphatic carbocycles. The Morgan fingerprint density at radius 1 is 1.02 bits per heavy atom. The van der Waals surface area contributed by atoms with E-state index in [1.807, 2.05) is 24.3 Å². The molecule has 1 saturated heterocycles. The van der Waals surface area contributed by atoms with Gasteiger partial charge < -0.3 is 24.1 Å². The Hall–Kier alpha value is -4.39. The minimum atomic E-state index is -0.712. The predicted molar refractivity (Wildman–Crippen MR) is 171 cm³/mol. The minimum Gasteiger partial charge on any atom is -0.493 e. The fourth-order valence-electron chi connectivity index (χ4n) is 5.28. The van der Waals surface area contributed by atoms with Gasteiger partial charge in [0.25, 0.3) is 0 Å². The normalized spacial score (nSPS) is 13.7. The molecule has 1 aliphatic heterocycles. The van der Waals surface area contributed by atoms with Crippen molar-refractivity contribution in [1.29, 1.82) is 0 Å². The number of methoxy groups -OCH3 is 1. The highest BCUT2D eigenvalue weighted by Crippen LogP contribution is 2.38. The summed E-state index contributed by atoms with van der Waals surface area (Å²) in [6, 6.07) is 16.7. The molecule has 0 atom stereocenters. The topological polar surface area (TPSA) is 100 Å². The number of aromatic hydroxyl groups is 1. The lowest BCUT2D eigenvalue weighted by molar-refractivity contribution is 0.0357. The molecule has 1 N–H and O–H groups in total.